The molecule has 0 atom stereocenters. The summed E-state index contributed by atoms with van der Waals surface area (Å²) in [4.78, 5) is 3.96. The van der Waals surface area contributed by atoms with Crippen molar-refractivity contribution >= 4 is 0 Å². The van der Waals surface area contributed by atoms with Crippen LogP contribution in [-0.2, 0) is 5.21 Å². The van der Waals surface area contributed by atoms with Crippen LogP contribution in [0.4, 0.5) is 0 Å². The van der Waals surface area contributed by atoms with Crippen LogP contribution >= 0.6 is 0 Å². The van der Waals surface area contributed by atoms with Crippen molar-refractivity contribution in [2.24, 2.45) is 0 Å². The largest absolute Gasteiger partial charge is 0.783 e. The van der Waals surface area contributed by atoms with Gasteiger partial charge in [-0.2, -0.15) is 0 Å². The van der Waals surface area contributed by atoms with E-state index in [4.69, 9.17) is 0 Å². The van der Waals surface area contributed by atoms with Gasteiger partial charge in [-0.25, -0.2) is 0 Å². The fraction of sp³-hybridized carbons (Fsp3) is 0.583. The van der Waals surface area contributed by atoms with Crippen LogP contribution in [-0.4, -0.2) is 26.2 Å². The second-order valence-electron chi connectivity index (χ2n) is 5.43. The molecule has 0 bridgehead atoms. The SMILES string of the molecule is CC1(C)N([O])C(c2cccnc2)N([O-])C1(C)C. The smallest absolute Gasteiger partial charge is 0.107 e. The molecule has 0 amide bonds. The van der Waals surface area contributed by atoms with Gasteiger partial charge >= 0.3 is 0 Å². The first-order valence-corrected chi connectivity index (χ1v) is 5.63. The van der Waals surface area contributed by atoms with Gasteiger partial charge in [0.15, 0.2) is 0 Å². The summed E-state index contributed by atoms with van der Waals surface area (Å²) < 4.78 is 0. The molecule has 0 aliphatic carbocycles. The predicted molar refractivity (Wildman–Crippen MR) is 62.9 cm³/mol. The molecule has 1 fully saturated rings. The van der Waals surface area contributed by atoms with Crippen molar-refractivity contribution in [2.45, 2.75) is 44.9 Å². The van der Waals surface area contributed by atoms with Gasteiger partial charge in [0, 0.05) is 23.5 Å². The fourth-order valence-electron chi connectivity index (χ4n) is 2.05. The Kier molecular flexibility index (Phi) is 2.74. The lowest BCUT2D eigenvalue weighted by Crippen LogP contribution is -2.51. The lowest BCUT2D eigenvalue weighted by Gasteiger charge is -2.44. The van der Waals surface area contributed by atoms with Gasteiger partial charge < -0.3 is 10.3 Å². The van der Waals surface area contributed by atoms with Crippen LogP contribution in [0.5, 0.6) is 0 Å². The van der Waals surface area contributed by atoms with E-state index in [-0.39, 0.29) is 0 Å². The van der Waals surface area contributed by atoms with Crippen LogP contribution in [0.3, 0.4) is 0 Å². The monoisotopic (exact) mass is 235 g/mol. The topological polar surface area (TPSA) is 62.3 Å². The summed E-state index contributed by atoms with van der Waals surface area (Å²) in [6.45, 7) is 7.17. The normalized spacial score (nSPS) is 28.5. The van der Waals surface area contributed by atoms with E-state index in [1.165, 1.54) is 0 Å². The van der Waals surface area contributed by atoms with Crippen LogP contribution in [0.1, 0.15) is 39.4 Å². The zero-order valence-electron chi connectivity index (χ0n) is 10.5. The first-order chi connectivity index (χ1) is 7.80. The number of nitrogens with zero attached hydrogens (tertiary/aromatic N) is 3. The fourth-order valence-corrected chi connectivity index (χ4v) is 2.05. The maximum absolute atomic E-state index is 12.3. The van der Waals surface area contributed by atoms with Crippen LogP contribution < -0.4 is 0 Å². The van der Waals surface area contributed by atoms with Gasteiger partial charge in [-0.1, -0.05) is 6.07 Å². The van der Waals surface area contributed by atoms with Gasteiger partial charge in [-0.3, -0.25) is 4.98 Å². The van der Waals surface area contributed by atoms with Crippen molar-refractivity contribution in [3.8, 4) is 0 Å². The maximum atomic E-state index is 12.3. The van der Waals surface area contributed by atoms with Crippen LogP contribution in [0.2, 0.25) is 0 Å². The molecular weight excluding hydrogens is 218 g/mol. The zero-order chi connectivity index (χ0) is 12.8. The van der Waals surface area contributed by atoms with Crippen LogP contribution in [0, 0.1) is 5.21 Å². The van der Waals surface area contributed by atoms with E-state index in [9.17, 15) is 10.4 Å². The minimum absolute atomic E-state index is 0.635. The summed E-state index contributed by atoms with van der Waals surface area (Å²) in [7, 11) is 0. The molecule has 0 aromatic carbocycles. The van der Waals surface area contributed by atoms with Crippen LogP contribution in [0.25, 0.3) is 0 Å². The quantitative estimate of drug-likeness (QED) is 0.747. The standard InChI is InChI=1S/C12H17N3O2/c1-11(2)12(3,4)15(17)10(14(11)16)9-6-5-7-13-8-9/h5-8,10H,1-4H3/q-1. The Bertz CT molecular complexity index is 385. The van der Waals surface area contributed by atoms with Gasteiger partial charge in [0.1, 0.15) is 6.17 Å². The van der Waals surface area contributed by atoms with E-state index in [0.717, 1.165) is 10.1 Å². The Balaban J connectivity index is 2.45. The van der Waals surface area contributed by atoms with E-state index in [1.54, 1.807) is 52.2 Å². The summed E-state index contributed by atoms with van der Waals surface area (Å²) in [5, 5.41) is 26.3. The average Bonchev–Trinajstić information content (AvgIpc) is 2.40. The van der Waals surface area contributed by atoms with Gasteiger partial charge in [0.2, 0.25) is 0 Å². The van der Waals surface area contributed by atoms with Crippen molar-refractivity contribution in [1.29, 1.82) is 0 Å². The molecule has 1 aromatic rings. The number of rotatable bonds is 1. The molecule has 2 rings (SSSR count). The minimum atomic E-state index is -0.811. The van der Waals surface area contributed by atoms with E-state index in [1.807, 2.05) is 0 Å². The Morgan fingerprint density at radius 1 is 1.29 bits per heavy atom. The molecular formula is C12H17N3O2-. The number of hydroxylamine groups is 4. The summed E-state index contributed by atoms with van der Waals surface area (Å²) in [5.41, 5.74) is -0.846. The Labute approximate surface area is 101 Å². The van der Waals surface area contributed by atoms with Crippen molar-refractivity contribution in [3.63, 3.8) is 0 Å². The zero-order valence-corrected chi connectivity index (χ0v) is 10.5. The molecule has 1 radical (unpaired) electrons. The van der Waals surface area contributed by atoms with Crippen molar-refractivity contribution in [2.75, 3.05) is 0 Å². The van der Waals surface area contributed by atoms with Crippen molar-refractivity contribution in [1.82, 2.24) is 15.1 Å². The molecule has 17 heavy (non-hydrogen) atoms. The average molecular weight is 235 g/mol. The molecule has 0 unspecified atom stereocenters. The highest BCUT2D eigenvalue weighted by atomic mass is 16.6. The molecule has 1 aromatic heterocycles. The molecule has 2 heterocycles. The molecule has 93 valence electrons. The van der Waals surface area contributed by atoms with E-state index in [0.29, 0.717) is 5.56 Å². The van der Waals surface area contributed by atoms with E-state index >= 15 is 0 Å². The van der Waals surface area contributed by atoms with Gasteiger partial charge in [-0.05, 0) is 33.8 Å². The molecule has 0 saturated carbocycles. The van der Waals surface area contributed by atoms with Crippen LogP contribution in [0.15, 0.2) is 24.5 Å². The van der Waals surface area contributed by atoms with Crippen molar-refractivity contribution < 1.29 is 5.21 Å². The third kappa shape index (κ3) is 1.58. The molecule has 0 N–H and O–H groups in total. The first kappa shape index (κ1) is 12.4. The lowest BCUT2D eigenvalue weighted by atomic mass is 9.84. The Hall–Kier alpha value is -1.01. The Morgan fingerprint density at radius 2 is 1.94 bits per heavy atom. The summed E-state index contributed by atoms with van der Waals surface area (Å²) >= 11 is 0. The molecule has 1 aliphatic rings. The van der Waals surface area contributed by atoms with Gasteiger partial charge in [0.25, 0.3) is 0 Å². The number of hydrogen-bond donors (Lipinski definition) is 0. The molecule has 5 nitrogen and oxygen atoms in total. The molecule has 1 saturated heterocycles. The number of pyridine rings is 1. The lowest BCUT2D eigenvalue weighted by molar-refractivity contribution is -0.232. The first-order valence-electron chi connectivity index (χ1n) is 5.63. The molecule has 5 heteroatoms. The summed E-state index contributed by atoms with van der Waals surface area (Å²) in [6.07, 6.45) is 2.38. The number of aromatic nitrogens is 1. The minimum Gasteiger partial charge on any atom is -0.783 e. The van der Waals surface area contributed by atoms with E-state index < -0.39 is 17.2 Å². The van der Waals surface area contributed by atoms with Crippen molar-refractivity contribution in [3.05, 3.63) is 35.3 Å². The maximum Gasteiger partial charge on any atom is 0.107 e. The second kappa shape index (κ2) is 3.74. The van der Waals surface area contributed by atoms with Gasteiger partial charge in [-0.15, -0.1) is 10.3 Å². The highest BCUT2D eigenvalue weighted by Crippen LogP contribution is 2.47. The third-order valence-electron chi connectivity index (χ3n) is 4.03. The second-order valence-corrected chi connectivity index (χ2v) is 5.43. The molecule has 1 aliphatic heterocycles. The predicted octanol–water partition coefficient (Wildman–Crippen LogP) is 2.10. The van der Waals surface area contributed by atoms with E-state index in [2.05, 4.69) is 4.98 Å². The highest BCUT2D eigenvalue weighted by Gasteiger charge is 2.55. The Morgan fingerprint density at radius 3 is 2.35 bits per heavy atom. The summed E-state index contributed by atoms with van der Waals surface area (Å²) in [5.74, 6) is 0. The van der Waals surface area contributed by atoms with Gasteiger partial charge in [0.05, 0.1) is 5.54 Å². The summed E-state index contributed by atoms with van der Waals surface area (Å²) in [6, 6.07) is 3.49. The third-order valence-corrected chi connectivity index (χ3v) is 4.03. The highest BCUT2D eigenvalue weighted by molar-refractivity contribution is 5.21. The molecule has 0 spiro atoms. The number of hydrogen-bond acceptors (Lipinski definition) is 4.